The highest BCUT2D eigenvalue weighted by atomic mass is 19.1. The molecule has 1 aromatic heterocycles. The molecule has 0 saturated carbocycles. The van der Waals surface area contributed by atoms with Gasteiger partial charge in [0.1, 0.15) is 12.4 Å². The number of methoxy groups -OCH3 is 1. The van der Waals surface area contributed by atoms with E-state index in [1.54, 1.807) is 19.2 Å². The molecule has 3 rings (SSSR count). The summed E-state index contributed by atoms with van der Waals surface area (Å²) in [4.78, 5) is 11.2. The summed E-state index contributed by atoms with van der Waals surface area (Å²) in [5, 5.41) is 0. The quantitative estimate of drug-likeness (QED) is 0.849. The van der Waals surface area contributed by atoms with Crippen LogP contribution in [-0.2, 0) is 17.9 Å². The van der Waals surface area contributed by atoms with Crippen LogP contribution in [0.25, 0.3) is 0 Å². The molecule has 1 aromatic carbocycles. The molecule has 2 heterocycles. The first-order chi connectivity index (χ1) is 11.2. The lowest BCUT2D eigenvalue weighted by Crippen LogP contribution is -2.34. The third kappa shape index (κ3) is 4.33. The van der Waals surface area contributed by atoms with Crippen molar-refractivity contribution in [1.29, 1.82) is 0 Å². The van der Waals surface area contributed by atoms with Gasteiger partial charge in [-0.15, -0.1) is 0 Å². The summed E-state index contributed by atoms with van der Waals surface area (Å²) in [5.41, 5.74) is 2.10. The average molecular weight is 315 g/mol. The molecule has 2 aromatic rings. The molecule has 122 valence electrons. The smallest absolute Gasteiger partial charge is 0.154 e. The van der Waals surface area contributed by atoms with Gasteiger partial charge >= 0.3 is 0 Å². The number of ether oxygens (including phenoxy) is 1. The predicted molar refractivity (Wildman–Crippen MR) is 86.4 cm³/mol. The molecule has 0 amide bonds. The van der Waals surface area contributed by atoms with E-state index in [1.165, 1.54) is 6.07 Å². The second-order valence-electron chi connectivity index (χ2n) is 6.03. The molecule has 1 saturated heterocycles. The summed E-state index contributed by atoms with van der Waals surface area (Å²) in [5.74, 6) is 0.958. The van der Waals surface area contributed by atoms with E-state index in [0.717, 1.165) is 49.6 Å². The monoisotopic (exact) mass is 315 g/mol. The van der Waals surface area contributed by atoms with Gasteiger partial charge in [0.25, 0.3) is 0 Å². The van der Waals surface area contributed by atoms with Gasteiger partial charge in [-0.2, -0.15) is 0 Å². The molecule has 23 heavy (non-hydrogen) atoms. The fraction of sp³-hybridized carbons (Fsp3) is 0.444. The Bertz CT molecular complexity index is 650. The van der Waals surface area contributed by atoms with Crippen molar-refractivity contribution in [2.75, 3.05) is 20.2 Å². The van der Waals surface area contributed by atoms with E-state index in [9.17, 15) is 4.39 Å². The number of benzene rings is 1. The Morgan fingerprint density at radius 3 is 3.09 bits per heavy atom. The maximum atomic E-state index is 13.3. The van der Waals surface area contributed by atoms with E-state index in [-0.39, 0.29) is 5.82 Å². The first-order valence-corrected chi connectivity index (χ1v) is 8.02. The Balaban J connectivity index is 1.67. The van der Waals surface area contributed by atoms with Crippen molar-refractivity contribution >= 4 is 0 Å². The van der Waals surface area contributed by atoms with E-state index in [0.29, 0.717) is 12.5 Å². The number of halogens is 1. The van der Waals surface area contributed by atoms with Gasteiger partial charge in [0.05, 0.1) is 0 Å². The van der Waals surface area contributed by atoms with Gasteiger partial charge in [-0.25, -0.2) is 14.4 Å². The number of piperidine rings is 1. The van der Waals surface area contributed by atoms with Crippen LogP contribution in [0.2, 0.25) is 0 Å². The van der Waals surface area contributed by atoms with Gasteiger partial charge in [0.15, 0.2) is 5.82 Å². The molecule has 0 spiro atoms. The maximum Gasteiger partial charge on any atom is 0.154 e. The SMILES string of the molecule is COCc1nccc(C2CCCN(Cc3cccc(F)c3)C2)n1. The van der Waals surface area contributed by atoms with Crippen LogP contribution in [0.1, 0.15) is 35.8 Å². The highest BCUT2D eigenvalue weighted by molar-refractivity contribution is 5.17. The molecule has 1 aliphatic rings. The van der Waals surface area contributed by atoms with E-state index in [2.05, 4.69) is 14.9 Å². The molecule has 1 atom stereocenters. The molecule has 0 radical (unpaired) electrons. The zero-order chi connectivity index (χ0) is 16.1. The number of hydrogen-bond acceptors (Lipinski definition) is 4. The van der Waals surface area contributed by atoms with Gasteiger partial charge in [-0.1, -0.05) is 12.1 Å². The first kappa shape index (κ1) is 16.0. The van der Waals surface area contributed by atoms with Crippen molar-refractivity contribution in [3.05, 3.63) is 59.4 Å². The average Bonchev–Trinajstić information content (AvgIpc) is 2.56. The van der Waals surface area contributed by atoms with E-state index >= 15 is 0 Å². The Kier molecular flexibility index (Phi) is 5.31. The second-order valence-corrected chi connectivity index (χ2v) is 6.03. The molecule has 0 bridgehead atoms. The van der Waals surface area contributed by atoms with Crippen molar-refractivity contribution in [3.8, 4) is 0 Å². The first-order valence-electron chi connectivity index (χ1n) is 8.02. The number of nitrogens with zero attached hydrogens (tertiary/aromatic N) is 3. The lowest BCUT2D eigenvalue weighted by Gasteiger charge is -2.32. The summed E-state index contributed by atoms with van der Waals surface area (Å²) in [6.45, 7) is 3.21. The number of likely N-dealkylation sites (tertiary alicyclic amines) is 1. The Morgan fingerprint density at radius 1 is 1.35 bits per heavy atom. The van der Waals surface area contributed by atoms with Crippen LogP contribution in [0.3, 0.4) is 0 Å². The fourth-order valence-electron chi connectivity index (χ4n) is 3.17. The Morgan fingerprint density at radius 2 is 2.26 bits per heavy atom. The van der Waals surface area contributed by atoms with Gasteiger partial charge in [-0.05, 0) is 43.1 Å². The van der Waals surface area contributed by atoms with Crippen LogP contribution in [0.15, 0.2) is 36.5 Å². The Labute approximate surface area is 136 Å². The van der Waals surface area contributed by atoms with Crippen molar-refractivity contribution < 1.29 is 9.13 Å². The standard InChI is InChI=1S/C18H22FN3O/c1-23-13-18-20-8-7-17(21-18)15-5-3-9-22(12-15)11-14-4-2-6-16(19)10-14/h2,4,6-8,10,15H,3,5,9,11-13H2,1H3. The minimum absolute atomic E-state index is 0.170. The van der Waals surface area contributed by atoms with E-state index in [4.69, 9.17) is 4.74 Å². The van der Waals surface area contributed by atoms with E-state index in [1.807, 2.05) is 18.3 Å². The lowest BCUT2D eigenvalue weighted by molar-refractivity contribution is 0.176. The topological polar surface area (TPSA) is 38.2 Å². The van der Waals surface area contributed by atoms with Crippen molar-refractivity contribution in [2.24, 2.45) is 0 Å². The van der Waals surface area contributed by atoms with E-state index < -0.39 is 0 Å². The minimum Gasteiger partial charge on any atom is -0.377 e. The van der Waals surface area contributed by atoms with Crippen molar-refractivity contribution in [3.63, 3.8) is 0 Å². The summed E-state index contributed by atoms with van der Waals surface area (Å²) < 4.78 is 18.4. The molecule has 1 fully saturated rings. The summed E-state index contributed by atoms with van der Waals surface area (Å²) in [7, 11) is 1.65. The van der Waals surface area contributed by atoms with Crippen LogP contribution < -0.4 is 0 Å². The Hall–Kier alpha value is -1.85. The summed E-state index contributed by atoms with van der Waals surface area (Å²) in [6.07, 6.45) is 4.06. The van der Waals surface area contributed by atoms with Crippen LogP contribution in [0.5, 0.6) is 0 Å². The van der Waals surface area contributed by atoms with Gasteiger partial charge in [0, 0.05) is 38.0 Å². The second kappa shape index (κ2) is 7.62. The van der Waals surface area contributed by atoms with Crippen molar-refractivity contribution in [1.82, 2.24) is 14.9 Å². The summed E-state index contributed by atoms with van der Waals surface area (Å²) in [6, 6.07) is 8.85. The zero-order valence-corrected chi connectivity index (χ0v) is 13.4. The van der Waals surface area contributed by atoms with Crippen LogP contribution >= 0.6 is 0 Å². The minimum atomic E-state index is -0.170. The van der Waals surface area contributed by atoms with Crippen LogP contribution in [-0.4, -0.2) is 35.1 Å². The summed E-state index contributed by atoms with van der Waals surface area (Å²) >= 11 is 0. The highest BCUT2D eigenvalue weighted by Gasteiger charge is 2.22. The van der Waals surface area contributed by atoms with Gasteiger partial charge in [0.2, 0.25) is 0 Å². The highest BCUT2D eigenvalue weighted by Crippen LogP contribution is 2.26. The number of aromatic nitrogens is 2. The van der Waals surface area contributed by atoms with Crippen molar-refractivity contribution in [2.45, 2.75) is 31.9 Å². The molecule has 1 unspecified atom stereocenters. The van der Waals surface area contributed by atoms with Crippen LogP contribution in [0, 0.1) is 5.82 Å². The van der Waals surface area contributed by atoms with Crippen LogP contribution in [0.4, 0.5) is 4.39 Å². The molecule has 5 heteroatoms. The molecular formula is C18H22FN3O. The molecule has 1 aliphatic heterocycles. The largest absolute Gasteiger partial charge is 0.377 e. The third-order valence-corrected chi connectivity index (χ3v) is 4.22. The molecule has 0 N–H and O–H groups in total. The third-order valence-electron chi connectivity index (χ3n) is 4.22. The molecular weight excluding hydrogens is 293 g/mol. The lowest BCUT2D eigenvalue weighted by atomic mass is 9.94. The predicted octanol–water partition coefficient (Wildman–Crippen LogP) is 3.14. The normalized spacial score (nSPS) is 19.0. The molecule has 4 nitrogen and oxygen atoms in total. The van der Waals surface area contributed by atoms with Gasteiger partial charge < -0.3 is 4.74 Å². The van der Waals surface area contributed by atoms with Gasteiger partial charge in [-0.3, -0.25) is 4.90 Å². The molecule has 0 aliphatic carbocycles. The number of rotatable bonds is 5. The zero-order valence-electron chi connectivity index (χ0n) is 13.4. The fourth-order valence-corrected chi connectivity index (χ4v) is 3.17. The number of hydrogen-bond donors (Lipinski definition) is 0. The maximum absolute atomic E-state index is 13.3.